The Morgan fingerprint density at radius 2 is 2.00 bits per heavy atom. The third-order valence-corrected chi connectivity index (χ3v) is 5.02. The largest absolute Gasteiger partial charge is 0.355 e. The molecule has 0 saturated carbocycles. The van der Waals surface area contributed by atoms with Gasteiger partial charge in [-0.3, -0.25) is 14.7 Å². The standard InChI is InChI=1S/C20H25N5O/c26-20(22-9-12-25-10-7-21-8-11-25)6-5-15-13-17-16-3-1-2-4-18(16)24-19(17)14-23-15/h1-4,13-14,21,24H,5-12H2,(H,22,26). The second-order valence-electron chi connectivity index (χ2n) is 6.83. The van der Waals surface area contributed by atoms with Crippen LogP contribution in [0.2, 0.25) is 0 Å². The summed E-state index contributed by atoms with van der Waals surface area (Å²) in [5.74, 6) is 0.0981. The SMILES string of the molecule is O=C(CCc1cc2c(cn1)[nH]c1ccccc12)NCCN1CCNCC1. The van der Waals surface area contributed by atoms with Crippen molar-refractivity contribution in [2.45, 2.75) is 12.8 Å². The van der Waals surface area contributed by atoms with Crippen LogP contribution >= 0.6 is 0 Å². The van der Waals surface area contributed by atoms with Crippen molar-refractivity contribution in [3.63, 3.8) is 0 Å². The zero-order chi connectivity index (χ0) is 17.8. The van der Waals surface area contributed by atoms with Crippen LogP contribution in [0.3, 0.4) is 0 Å². The highest BCUT2D eigenvalue weighted by molar-refractivity contribution is 6.06. The van der Waals surface area contributed by atoms with E-state index in [1.165, 1.54) is 10.8 Å². The molecule has 2 aromatic heterocycles. The first kappa shape index (κ1) is 17.0. The van der Waals surface area contributed by atoms with Gasteiger partial charge in [0.1, 0.15) is 0 Å². The zero-order valence-electron chi connectivity index (χ0n) is 14.9. The molecule has 3 N–H and O–H groups in total. The molecule has 26 heavy (non-hydrogen) atoms. The number of hydrogen-bond donors (Lipinski definition) is 3. The Balaban J connectivity index is 1.31. The van der Waals surface area contributed by atoms with Crippen molar-refractivity contribution >= 4 is 27.7 Å². The number of carbonyl (C=O) groups is 1. The van der Waals surface area contributed by atoms with Crippen LogP contribution in [0.4, 0.5) is 0 Å². The Labute approximate surface area is 153 Å². The molecule has 0 atom stereocenters. The molecule has 1 aliphatic rings. The summed E-state index contributed by atoms with van der Waals surface area (Å²) in [5, 5.41) is 8.73. The number of nitrogens with zero attached hydrogens (tertiary/aromatic N) is 2. The molecule has 1 amide bonds. The third-order valence-electron chi connectivity index (χ3n) is 5.02. The van der Waals surface area contributed by atoms with Gasteiger partial charge in [-0.15, -0.1) is 0 Å². The lowest BCUT2D eigenvalue weighted by molar-refractivity contribution is -0.121. The first-order chi connectivity index (χ1) is 12.8. The highest BCUT2D eigenvalue weighted by Gasteiger charge is 2.10. The van der Waals surface area contributed by atoms with Gasteiger partial charge in [0.2, 0.25) is 5.91 Å². The topological polar surface area (TPSA) is 73.0 Å². The lowest BCUT2D eigenvalue weighted by Gasteiger charge is -2.27. The molecule has 4 rings (SSSR count). The summed E-state index contributed by atoms with van der Waals surface area (Å²) < 4.78 is 0. The van der Waals surface area contributed by atoms with E-state index in [2.05, 4.69) is 43.7 Å². The zero-order valence-corrected chi connectivity index (χ0v) is 14.9. The number of fused-ring (bicyclic) bond motifs is 3. The number of pyridine rings is 1. The average molecular weight is 351 g/mol. The van der Waals surface area contributed by atoms with Gasteiger partial charge in [0.15, 0.2) is 0 Å². The maximum atomic E-state index is 12.1. The number of hydrogen-bond acceptors (Lipinski definition) is 4. The Hall–Kier alpha value is -2.44. The molecule has 0 unspecified atom stereocenters. The second kappa shape index (κ2) is 7.85. The van der Waals surface area contributed by atoms with Crippen LogP contribution in [0.5, 0.6) is 0 Å². The number of amides is 1. The van der Waals surface area contributed by atoms with Crippen molar-refractivity contribution in [3.8, 4) is 0 Å². The van der Waals surface area contributed by atoms with Gasteiger partial charge in [-0.2, -0.15) is 0 Å². The third kappa shape index (κ3) is 3.86. The summed E-state index contributed by atoms with van der Waals surface area (Å²) in [4.78, 5) is 22.4. The van der Waals surface area contributed by atoms with Crippen LogP contribution in [0, 0.1) is 0 Å². The fraction of sp³-hybridized carbons (Fsp3) is 0.400. The second-order valence-corrected chi connectivity index (χ2v) is 6.83. The van der Waals surface area contributed by atoms with Crippen molar-refractivity contribution in [2.24, 2.45) is 0 Å². The van der Waals surface area contributed by atoms with E-state index in [4.69, 9.17) is 0 Å². The lowest BCUT2D eigenvalue weighted by Crippen LogP contribution is -2.46. The van der Waals surface area contributed by atoms with E-state index in [9.17, 15) is 4.79 Å². The van der Waals surface area contributed by atoms with Crippen molar-refractivity contribution in [1.82, 2.24) is 25.5 Å². The summed E-state index contributed by atoms with van der Waals surface area (Å²) in [6, 6.07) is 10.3. The molecule has 1 saturated heterocycles. The van der Waals surface area contributed by atoms with Gasteiger partial charge >= 0.3 is 0 Å². The van der Waals surface area contributed by atoms with Crippen LogP contribution in [0.1, 0.15) is 12.1 Å². The first-order valence-electron chi connectivity index (χ1n) is 9.35. The van der Waals surface area contributed by atoms with E-state index in [1.807, 2.05) is 18.3 Å². The number of carbonyl (C=O) groups excluding carboxylic acids is 1. The summed E-state index contributed by atoms with van der Waals surface area (Å²) in [6.45, 7) is 5.83. The molecule has 0 aliphatic carbocycles. The Kier molecular flexibility index (Phi) is 5.13. The minimum absolute atomic E-state index is 0.0981. The van der Waals surface area contributed by atoms with Crippen molar-refractivity contribution in [3.05, 3.63) is 42.2 Å². The van der Waals surface area contributed by atoms with E-state index in [1.54, 1.807) is 0 Å². The van der Waals surface area contributed by atoms with Crippen molar-refractivity contribution < 1.29 is 4.79 Å². The number of benzene rings is 1. The average Bonchev–Trinajstić information content (AvgIpc) is 3.05. The fourth-order valence-electron chi connectivity index (χ4n) is 3.55. The maximum Gasteiger partial charge on any atom is 0.220 e. The van der Waals surface area contributed by atoms with E-state index < -0.39 is 0 Å². The van der Waals surface area contributed by atoms with Gasteiger partial charge in [0.05, 0.1) is 11.7 Å². The monoisotopic (exact) mass is 351 g/mol. The maximum absolute atomic E-state index is 12.1. The fourth-order valence-corrected chi connectivity index (χ4v) is 3.55. The normalized spacial score (nSPS) is 15.5. The summed E-state index contributed by atoms with van der Waals surface area (Å²) in [7, 11) is 0. The van der Waals surface area contributed by atoms with Gasteiger partial charge in [-0.25, -0.2) is 0 Å². The molecule has 1 aromatic carbocycles. The Bertz CT molecular complexity index is 897. The summed E-state index contributed by atoms with van der Waals surface area (Å²) >= 11 is 0. The van der Waals surface area contributed by atoms with Gasteiger partial charge in [-0.1, -0.05) is 18.2 Å². The highest BCUT2D eigenvalue weighted by Crippen LogP contribution is 2.25. The predicted molar refractivity (Wildman–Crippen MR) is 104 cm³/mol. The van der Waals surface area contributed by atoms with Crippen molar-refractivity contribution in [2.75, 3.05) is 39.3 Å². The number of aromatic nitrogens is 2. The van der Waals surface area contributed by atoms with E-state index in [0.29, 0.717) is 19.4 Å². The molecule has 1 fully saturated rings. The minimum Gasteiger partial charge on any atom is -0.355 e. The van der Waals surface area contributed by atoms with Gasteiger partial charge in [0.25, 0.3) is 0 Å². The quantitative estimate of drug-likeness (QED) is 0.632. The van der Waals surface area contributed by atoms with E-state index >= 15 is 0 Å². The number of nitrogens with one attached hydrogen (secondary N) is 3. The number of piperazine rings is 1. The highest BCUT2D eigenvalue weighted by atomic mass is 16.1. The first-order valence-corrected chi connectivity index (χ1v) is 9.35. The Morgan fingerprint density at radius 1 is 1.15 bits per heavy atom. The molecular weight excluding hydrogens is 326 g/mol. The van der Waals surface area contributed by atoms with Gasteiger partial charge in [-0.05, 0) is 18.6 Å². The molecule has 0 spiro atoms. The smallest absolute Gasteiger partial charge is 0.220 e. The lowest BCUT2D eigenvalue weighted by atomic mass is 10.1. The van der Waals surface area contributed by atoms with E-state index in [-0.39, 0.29) is 5.91 Å². The molecular formula is C20H25N5O. The molecule has 3 heterocycles. The molecule has 1 aliphatic heterocycles. The molecule has 3 aromatic rings. The number of rotatable bonds is 6. The molecule has 136 valence electrons. The predicted octanol–water partition coefficient (Wildman–Crippen LogP) is 1.67. The van der Waals surface area contributed by atoms with E-state index in [0.717, 1.165) is 49.5 Å². The van der Waals surface area contributed by atoms with Crippen LogP contribution in [-0.4, -0.2) is 60.0 Å². The van der Waals surface area contributed by atoms with Crippen LogP contribution in [0.25, 0.3) is 21.8 Å². The minimum atomic E-state index is 0.0981. The number of H-pyrrole nitrogens is 1. The number of para-hydroxylation sites is 1. The van der Waals surface area contributed by atoms with Gasteiger partial charge < -0.3 is 15.6 Å². The van der Waals surface area contributed by atoms with Gasteiger partial charge in [0, 0.05) is 67.7 Å². The molecule has 6 heteroatoms. The van der Waals surface area contributed by atoms with Crippen LogP contribution in [-0.2, 0) is 11.2 Å². The van der Waals surface area contributed by atoms with Crippen molar-refractivity contribution in [1.29, 1.82) is 0 Å². The molecule has 0 radical (unpaired) electrons. The van der Waals surface area contributed by atoms with Crippen LogP contribution < -0.4 is 10.6 Å². The summed E-state index contributed by atoms with van der Waals surface area (Å²) in [6.07, 6.45) is 3.00. The summed E-state index contributed by atoms with van der Waals surface area (Å²) in [5.41, 5.74) is 3.11. The Morgan fingerprint density at radius 3 is 2.88 bits per heavy atom. The number of aryl methyl sites for hydroxylation is 1. The molecule has 0 bridgehead atoms. The molecule has 6 nitrogen and oxygen atoms in total. The number of aromatic amines is 1. The van der Waals surface area contributed by atoms with Crippen LogP contribution in [0.15, 0.2) is 36.5 Å².